The van der Waals surface area contributed by atoms with Gasteiger partial charge in [0.25, 0.3) is 0 Å². The highest BCUT2D eigenvalue weighted by atomic mass is 31.2. The van der Waals surface area contributed by atoms with Crippen molar-refractivity contribution in [2.24, 2.45) is 5.16 Å². The molecule has 4 rings (SSSR count). The lowest BCUT2D eigenvalue weighted by molar-refractivity contribution is 0.348. The van der Waals surface area contributed by atoms with Crippen LogP contribution in [0.25, 0.3) is 0 Å². The fourth-order valence-electron chi connectivity index (χ4n) is 3.13. The van der Waals surface area contributed by atoms with E-state index in [9.17, 15) is 8.96 Å². The highest BCUT2D eigenvalue weighted by molar-refractivity contribution is 7.74. The molecule has 0 unspecified atom stereocenters. The van der Waals surface area contributed by atoms with Gasteiger partial charge in [0.2, 0.25) is 0 Å². The van der Waals surface area contributed by atoms with E-state index in [4.69, 9.17) is 4.62 Å². The molecule has 130 valence electrons. The first-order chi connectivity index (χ1) is 12.7. The van der Waals surface area contributed by atoms with Crippen molar-refractivity contribution in [3.05, 3.63) is 95.8 Å². The smallest absolute Gasteiger partial charge is 0.330 e. The number of hydrogen-bond acceptors (Lipinski definition) is 3. The molecule has 3 aromatic carbocycles. The number of nitrogens with zero attached hydrogens (tertiary/aromatic N) is 1. The molecule has 0 amide bonds. The first-order valence-corrected chi connectivity index (χ1v) is 10.0. The monoisotopic (exact) mass is 365 g/mol. The van der Waals surface area contributed by atoms with E-state index in [0.29, 0.717) is 29.2 Å². The van der Waals surface area contributed by atoms with Crippen molar-refractivity contribution in [3.63, 3.8) is 0 Å². The first kappa shape index (κ1) is 16.7. The van der Waals surface area contributed by atoms with E-state index >= 15 is 0 Å². The van der Waals surface area contributed by atoms with E-state index in [-0.39, 0.29) is 5.82 Å². The molecular formula is C21H17FNO2P. The molecule has 1 aliphatic rings. The molecule has 0 saturated carbocycles. The van der Waals surface area contributed by atoms with E-state index in [1.165, 1.54) is 12.1 Å². The third kappa shape index (κ3) is 3.09. The second-order valence-corrected chi connectivity index (χ2v) is 8.44. The van der Waals surface area contributed by atoms with Crippen molar-refractivity contribution >= 4 is 23.7 Å². The summed E-state index contributed by atoms with van der Waals surface area (Å²) in [5.41, 5.74) is 2.47. The van der Waals surface area contributed by atoms with Crippen molar-refractivity contribution in [3.8, 4) is 0 Å². The summed E-state index contributed by atoms with van der Waals surface area (Å²) >= 11 is 0. The third-order valence-corrected chi connectivity index (χ3v) is 6.74. The van der Waals surface area contributed by atoms with Gasteiger partial charge in [-0.1, -0.05) is 41.6 Å². The van der Waals surface area contributed by atoms with Gasteiger partial charge in [0, 0.05) is 5.56 Å². The molecule has 0 saturated heterocycles. The van der Waals surface area contributed by atoms with Crippen LogP contribution < -0.4 is 10.6 Å². The maximum absolute atomic E-state index is 13.7. The summed E-state index contributed by atoms with van der Waals surface area (Å²) in [4.78, 5) is 0. The molecule has 0 bridgehead atoms. The SMILES string of the molecule is O=P(ON=C1CCc2cc(F)ccc21)(c1ccccc1)c1ccccc1. The minimum Gasteiger partial charge on any atom is -0.330 e. The van der Waals surface area contributed by atoms with Gasteiger partial charge in [-0.2, -0.15) is 0 Å². The van der Waals surface area contributed by atoms with Crippen LogP contribution in [0.1, 0.15) is 17.5 Å². The first-order valence-electron chi connectivity index (χ1n) is 8.42. The second kappa shape index (κ2) is 6.89. The normalized spacial score (nSPS) is 15.0. The topological polar surface area (TPSA) is 38.7 Å². The summed E-state index contributed by atoms with van der Waals surface area (Å²) in [6, 6.07) is 22.8. The predicted octanol–water partition coefficient (Wildman–Crippen LogP) is 4.42. The fraction of sp³-hybridized carbons (Fsp3) is 0.0952. The number of rotatable bonds is 4. The Bertz CT molecular complexity index is 960. The highest BCUT2D eigenvalue weighted by Gasteiger charge is 2.31. The van der Waals surface area contributed by atoms with Gasteiger partial charge >= 0.3 is 7.37 Å². The molecule has 5 heteroatoms. The van der Waals surface area contributed by atoms with E-state index in [1.54, 1.807) is 30.3 Å². The average Bonchev–Trinajstić information content (AvgIpc) is 3.09. The summed E-state index contributed by atoms with van der Waals surface area (Å²) in [7, 11) is -3.36. The van der Waals surface area contributed by atoms with Crippen molar-refractivity contribution in [2.75, 3.05) is 0 Å². The Balaban J connectivity index is 1.73. The van der Waals surface area contributed by atoms with Crippen LogP contribution in [0.5, 0.6) is 0 Å². The zero-order valence-corrected chi connectivity index (χ0v) is 14.9. The van der Waals surface area contributed by atoms with Crippen LogP contribution in [0.2, 0.25) is 0 Å². The summed E-state index contributed by atoms with van der Waals surface area (Å²) in [5, 5.41) is 5.43. The molecular weight excluding hydrogens is 348 g/mol. The standard InChI is InChI=1S/C21H17FNO2P/c22-17-12-13-20-16(15-17)11-14-21(20)23-25-26(24,18-7-3-1-4-8-18)19-9-5-2-6-10-19/h1-10,12-13,15H,11,14H2. The van der Waals surface area contributed by atoms with Crippen molar-refractivity contribution in [2.45, 2.75) is 12.8 Å². The van der Waals surface area contributed by atoms with Crippen molar-refractivity contribution in [1.29, 1.82) is 0 Å². The Hall–Kier alpha value is -2.71. The predicted molar refractivity (Wildman–Crippen MR) is 102 cm³/mol. The maximum atomic E-state index is 13.7. The molecule has 0 spiro atoms. The molecule has 0 atom stereocenters. The molecule has 3 aromatic rings. The van der Waals surface area contributed by atoms with Crippen LogP contribution in [0.15, 0.2) is 84.0 Å². The quantitative estimate of drug-likeness (QED) is 0.507. The van der Waals surface area contributed by atoms with E-state index in [0.717, 1.165) is 11.1 Å². The lowest BCUT2D eigenvalue weighted by Gasteiger charge is -2.16. The van der Waals surface area contributed by atoms with Crippen LogP contribution in [-0.2, 0) is 15.6 Å². The number of fused-ring (bicyclic) bond motifs is 1. The van der Waals surface area contributed by atoms with E-state index < -0.39 is 7.37 Å². The third-order valence-electron chi connectivity index (χ3n) is 4.47. The molecule has 0 aliphatic heterocycles. The number of halogens is 1. The Kier molecular flexibility index (Phi) is 4.44. The maximum Gasteiger partial charge on any atom is 0.330 e. The Labute approximate surface area is 151 Å². The minimum absolute atomic E-state index is 0.259. The van der Waals surface area contributed by atoms with Gasteiger partial charge in [-0.3, -0.25) is 4.57 Å². The number of benzene rings is 3. The average molecular weight is 365 g/mol. The van der Waals surface area contributed by atoms with Crippen LogP contribution >= 0.6 is 7.37 Å². The van der Waals surface area contributed by atoms with Crippen LogP contribution in [-0.4, -0.2) is 5.71 Å². The van der Waals surface area contributed by atoms with Gasteiger partial charge in [-0.25, -0.2) is 4.39 Å². The molecule has 3 nitrogen and oxygen atoms in total. The molecule has 26 heavy (non-hydrogen) atoms. The fourth-order valence-corrected chi connectivity index (χ4v) is 4.96. The number of oxime groups is 1. The van der Waals surface area contributed by atoms with Crippen molar-refractivity contribution < 1.29 is 13.6 Å². The van der Waals surface area contributed by atoms with Crippen LogP contribution in [0.4, 0.5) is 4.39 Å². The largest absolute Gasteiger partial charge is 0.330 e. The van der Waals surface area contributed by atoms with Gasteiger partial charge in [-0.15, -0.1) is 0 Å². The van der Waals surface area contributed by atoms with E-state index in [2.05, 4.69) is 5.16 Å². The minimum atomic E-state index is -3.36. The molecule has 0 heterocycles. The molecule has 1 aliphatic carbocycles. The Morgan fingerprint density at radius 3 is 2.08 bits per heavy atom. The van der Waals surface area contributed by atoms with Crippen LogP contribution in [0, 0.1) is 5.82 Å². The summed E-state index contributed by atoms with van der Waals surface area (Å²) < 4.78 is 32.9. The van der Waals surface area contributed by atoms with Gasteiger partial charge in [0.15, 0.2) is 0 Å². The summed E-state index contributed by atoms with van der Waals surface area (Å²) in [6.45, 7) is 0. The summed E-state index contributed by atoms with van der Waals surface area (Å²) in [5.74, 6) is -0.259. The molecule has 0 fully saturated rings. The molecule has 0 aromatic heterocycles. The van der Waals surface area contributed by atoms with Gasteiger partial charge in [0.05, 0.1) is 16.3 Å². The lowest BCUT2D eigenvalue weighted by atomic mass is 10.1. The van der Waals surface area contributed by atoms with Gasteiger partial charge < -0.3 is 4.62 Å². The van der Waals surface area contributed by atoms with Crippen molar-refractivity contribution in [1.82, 2.24) is 0 Å². The highest BCUT2D eigenvalue weighted by Crippen LogP contribution is 2.45. The van der Waals surface area contributed by atoms with Gasteiger partial charge in [0.1, 0.15) is 5.82 Å². The number of hydrogen-bond donors (Lipinski definition) is 0. The van der Waals surface area contributed by atoms with Gasteiger partial charge in [-0.05, 0) is 60.9 Å². The van der Waals surface area contributed by atoms with E-state index in [1.807, 2.05) is 36.4 Å². The molecule has 0 N–H and O–H groups in total. The second-order valence-electron chi connectivity index (χ2n) is 6.14. The number of aryl methyl sites for hydroxylation is 1. The summed E-state index contributed by atoms with van der Waals surface area (Å²) in [6.07, 6.45) is 1.35. The molecule has 0 radical (unpaired) electrons. The zero-order valence-electron chi connectivity index (χ0n) is 14.0. The lowest BCUT2D eigenvalue weighted by Crippen LogP contribution is -2.17. The Morgan fingerprint density at radius 2 is 1.46 bits per heavy atom. The van der Waals surface area contributed by atoms with Crippen LogP contribution in [0.3, 0.4) is 0 Å². The Morgan fingerprint density at radius 1 is 0.846 bits per heavy atom. The zero-order chi connectivity index (χ0) is 18.0.